The fourth-order valence-electron chi connectivity index (χ4n) is 4.23. The van der Waals surface area contributed by atoms with Crippen LogP contribution in [0.3, 0.4) is 0 Å². The first-order chi connectivity index (χ1) is 15.2. The molecule has 2 saturated heterocycles. The van der Waals surface area contributed by atoms with E-state index in [2.05, 4.69) is 25.5 Å². The predicted octanol–water partition coefficient (Wildman–Crippen LogP) is 1.90. The molecule has 8 nitrogen and oxygen atoms in total. The number of rotatable bonds is 7. The SMILES string of the molecule is Cc1cc(N2CCOCC2)nc(NCCNC(=O)C2(c3ccccc3)CCOCC2)n1. The van der Waals surface area contributed by atoms with Gasteiger partial charge < -0.3 is 25.0 Å². The van der Waals surface area contributed by atoms with Crippen molar-refractivity contribution >= 4 is 17.7 Å². The number of aromatic nitrogens is 2. The van der Waals surface area contributed by atoms with Crippen molar-refractivity contribution < 1.29 is 14.3 Å². The van der Waals surface area contributed by atoms with Crippen LogP contribution in [0.1, 0.15) is 24.1 Å². The highest BCUT2D eigenvalue weighted by molar-refractivity contribution is 5.88. The lowest BCUT2D eigenvalue weighted by Crippen LogP contribution is -2.49. The normalized spacial score (nSPS) is 18.4. The number of nitrogens with zero attached hydrogens (tertiary/aromatic N) is 3. The van der Waals surface area contributed by atoms with E-state index in [4.69, 9.17) is 9.47 Å². The molecule has 0 spiro atoms. The maximum Gasteiger partial charge on any atom is 0.230 e. The third kappa shape index (κ3) is 5.14. The third-order valence-corrected chi connectivity index (χ3v) is 5.98. The predicted molar refractivity (Wildman–Crippen MR) is 119 cm³/mol. The van der Waals surface area contributed by atoms with E-state index in [1.807, 2.05) is 43.3 Å². The van der Waals surface area contributed by atoms with Gasteiger partial charge in [0.15, 0.2) is 0 Å². The van der Waals surface area contributed by atoms with Crippen molar-refractivity contribution in [2.75, 3.05) is 62.8 Å². The molecule has 0 bridgehead atoms. The molecule has 2 N–H and O–H groups in total. The first kappa shape index (κ1) is 21.5. The van der Waals surface area contributed by atoms with Crippen molar-refractivity contribution in [3.8, 4) is 0 Å². The second-order valence-corrected chi connectivity index (χ2v) is 8.03. The number of hydrogen-bond acceptors (Lipinski definition) is 7. The Morgan fingerprint density at radius 1 is 1.03 bits per heavy atom. The van der Waals surface area contributed by atoms with E-state index < -0.39 is 5.41 Å². The molecule has 1 aromatic heterocycles. The minimum absolute atomic E-state index is 0.0583. The van der Waals surface area contributed by atoms with Gasteiger partial charge in [0.1, 0.15) is 5.82 Å². The van der Waals surface area contributed by atoms with E-state index in [0.29, 0.717) is 58.3 Å². The van der Waals surface area contributed by atoms with Gasteiger partial charge in [0.25, 0.3) is 0 Å². The van der Waals surface area contributed by atoms with Crippen LogP contribution >= 0.6 is 0 Å². The van der Waals surface area contributed by atoms with Crippen LogP contribution in [-0.2, 0) is 19.7 Å². The van der Waals surface area contributed by atoms with Gasteiger partial charge in [-0.05, 0) is 25.3 Å². The van der Waals surface area contributed by atoms with E-state index in [-0.39, 0.29) is 5.91 Å². The first-order valence-corrected chi connectivity index (χ1v) is 11.0. The molecular formula is C23H31N5O3. The Kier molecular flexibility index (Phi) is 6.99. The number of carbonyl (C=O) groups is 1. The monoisotopic (exact) mass is 425 g/mol. The summed E-state index contributed by atoms with van der Waals surface area (Å²) in [5.74, 6) is 1.55. The molecule has 0 aliphatic carbocycles. The lowest BCUT2D eigenvalue weighted by Gasteiger charge is -2.36. The van der Waals surface area contributed by atoms with Crippen molar-refractivity contribution in [1.82, 2.24) is 15.3 Å². The number of carbonyl (C=O) groups excluding carboxylic acids is 1. The molecule has 1 aromatic carbocycles. The summed E-state index contributed by atoms with van der Waals surface area (Å²) in [6, 6.07) is 12.0. The highest BCUT2D eigenvalue weighted by Crippen LogP contribution is 2.35. The van der Waals surface area contributed by atoms with Crippen molar-refractivity contribution in [3.63, 3.8) is 0 Å². The van der Waals surface area contributed by atoms with Gasteiger partial charge in [0.2, 0.25) is 11.9 Å². The van der Waals surface area contributed by atoms with Crippen molar-refractivity contribution in [3.05, 3.63) is 47.7 Å². The number of aryl methyl sites for hydroxylation is 1. The molecule has 2 aliphatic rings. The minimum Gasteiger partial charge on any atom is -0.381 e. The summed E-state index contributed by atoms with van der Waals surface area (Å²) in [7, 11) is 0. The molecule has 0 atom stereocenters. The number of hydrogen-bond donors (Lipinski definition) is 2. The number of benzene rings is 1. The molecule has 166 valence electrons. The molecule has 2 aliphatic heterocycles. The van der Waals surface area contributed by atoms with Gasteiger partial charge in [-0.15, -0.1) is 0 Å². The quantitative estimate of drug-likeness (QED) is 0.655. The first-order valence-electron chi connectivity index (χ1n) is 11.0. The van der Waals surface area contributed by atoms with Crippen LogP contribution in [0.5, 0.6) is 0 Å². The highest BCUT2D eigenvalue weighted by atomic mass is 16.5. The maximum absolute atomic E-state index is 13.2. The summed E-state index contributed by atoms with van der Waals surface area (Å²) in [6.45, 7) is 7.31. The van der Waals surface area contributed by atoms with Gasteiger partial charge in [-0.2, -0.15) is 4.98 Å². The number of anilines is 2. The Morgan fingerprint density at radius 2 is 1.74 bits per heavy atom. The molecule has 2 fully saturated rings. The summed E-state index contributed by atoms with van der Waals surface area (Å²) in [6.07, 6.45) is 1.39. The van der Waals surface area contributed by atoms with Crippen molar-refractivity contribution in [2.24, 2.45) is 0 Å². The average molecular weight is 426 g/mol. The van der Waals surface area contributed by atoms with Crippen LogP contribution in [0.15, 0.2) is 36.4 Å². The van der Waals surface area contributed by atoms with Gasteiger partial charge >= 0.3 is 0 Å². The van der Waals surface area contributed by atoms with Crippen molar-refractivity contribution in [1.29, 1.82) is 0 Å². The summed E-state index contributed by atoms with van der Waals surface area (Å²) in [5.41, 5.74) is 1.44. The van der Waals surface area contributed by atoms with Crippen LogP contribution in [0.25, 0.3) is 0 Å². The summed E-state index contributed by atoms with van der Waals surface area (Å²) >= 11 is 0. The van der Waals surface area contributed by atoms with Gasteiger partial charge in [-0.1, -0.05) is 30.3 Å². The van der Waals surface area contributed by atoms with E-state index >= 15 is 0 Å². The molecule has 4 rings (SSSR count). The molecule has 3 heterocycles. The average Bonchev–Trinajstić information content (AvgIpc) is 2.83. The Bertz CT molecular complexity index is 865. The lowest BCUT2D eigenvalue weighted by molar-refractivity contribution is -0.130. The Labute approximate surface area is 183 Å². The van der Waals surface area contributed by atoms with Gasteiger partial charge in [-0.3, -0.25) is 4.79 Å². The van der Waals surface area contributed by atoms with Crippen LogP contribution in [0.2, 0.25) is 0 Å². The highest BCUT2D eigenvalue weighted by Gasteiger charge is 2.41. The van der Waals surface area contributed by atoms with E-state index in [9.17, 15) is 4.79 Å². The minimum atomic E-state index is -0.525. The van der Waals surface area contributed by atoms with Crippen LogP contribution in [0, 0.1) is 6.92 Å². The molecule has 0 radical (unpaired) electrons. The number of nitrogens with one attached hydrogen (secondary N) is 2. The lowest BCUT2D eigenvalue weighted by atomic mass is 9.73. The second kappa shape index (κ2) is 10.1. The van der Waals surface area contributed by atoms with E-state index in [0.717, 1.165) is 30.2 Å². The standard InChI is InChI=1S/C23H31N5O3/c1-18-17-20(28-11-15-31-16-12-28)27-22(26-18)25-10-9-24-21(29)23(7-13-30-14-8-23)19-5-3-2-4-6-19/h2-6,17H,7-16H2,1H3,(H,24,29)(H,25,26,27). The zero-order chi connectivity index (χ0) is 21.5. The fraction of sp³-hybridized carbons (Fsp3) is 0.522. The maximum atomic E-state index is 13.2. The van der Waals surface area contributed by atoms with Crippen molar-refractivity contribution in [2.45, 2.75) is 25.2 Å². The van der Waals surface area contributed by atoms with Crippen LogP contribution < -0.4 is 15.5 Å². The second-order valence-electron chi connectivity index (χ2n) is 8.03. The molecule has 0 saturated carbocycles. The molecule has 1 amide bonds. The summed E-state index contributed by atoms with van der Waals surface area (Å²) in [5, 5.41) is 6.37. The smallest absolute Gasteiger partial charge is 0.230 e. The summed E-state index contributed by atoms with van der Waals surface area (Å²) in [4.78, 5) is 24.5. The van der Waals surface area contributed by atoms with Gasteiger partial charge in [-0.25, -0.2) is 4.98 Å². The molecule has 0 unspecified atom stereocenters. The van der Waals surface area contributed by atoms with E-state index in [1.54, 1.807) is 0 Å². The number of ether oxygens (including phenoxy) is 2. The number of morpholine rings is 1. The summed E-state index contributed by atoms with van der Waals surface area (Å²) < 4.78 is 11.0. The van der Waals surface area contributed by atoms with Crippen LogP contribution in [-0.4, -0.2) is 68.5 Å². The zero-order valence-electron chi connectivity index (χ0n) is 18.1. The fourth-order valence-corrected chi connectivity index (χ4v) is 4.23. The molecule has 2 aromatic rings. The Morgan fingerprint density at radius 3 is 2.48 bits per heavy atom. The largest absolute Gasteiger partial charge is 0.381 e. The third-order valence-electron chi connectivity index (χ3n) is 5.98. The zero-order valence-corrected chi connectivity index (χ0v) is 18.1. The van der Waals surface area contributed by atoms with E-state index in [1.165, 1.54) is 0 Å². The number of amides is 1. The topological polar surface area (TPSA) is 88.6 Å². The Hall–Kier alpha value is -2.71. The molecule has 31 heavy (non-hydrogen) atoms. The van der Waals surface area contributed by atoms with Crippen LogP contribution in [0.4, 0.5) is 11.8 Å². The van der Waals surface area contributed by atoms with Gasteiger partial charge in [0.05, 0.1) is 18.6 Å². The van der Waals surface area contributed by atoms with Gasteiger partial charge in [0, 0.05) is 51.2 Å². The molecule has 8 heteroatoms. The molecular weight excluding hydrogens is 394 g/mol. The Balaban J connectivity index is 1.35.